The van der Waals surface area contributed by atoms with Crippen molar-refractivity contribution in [3.8, 4) is 0 Å². The highest BCUT2D eigenvalue weighted by molar-refractivity contribution is 7.99. The summed E-state index contributed by atoms with van der Waals surface area (Å²) in [6.45, 7) is 0.616. The van der Waals surface area contributed by atoms with Gasteiger partial charge in [0.2, 0.25) is 11.1 Å². The second-order valence-electron chi connectivity index (χ2n) is 7.21. The van der Waals surface area contributed by atoms with Crippen LogP contribution in [0, 0.1) is 5.92 Å². The third-order valence-corrected chi connectivity index (χ3v) is 5.81. The molecule has 4 aromatic heterocycles. The maximum atomic E-state index is 12.0. The first-order valence-corrected chi connectivity index (χ1v) is 10.4. The SMILES string of the molecule is CN(CCO)c1ccc2nnc(Sc3ccc4nc(NC(=O)C5CC5)cn4n3)n2c1. The van der Waals surface area contributed by atoms with Crippen LogP contribution in [0.15, 0.2) is 46.8 Å². The Kier molecular flexibility index (Phi) is 4.75. The summed E-state index contributed by atoms with van der Waals surface area (Å²) in [6, 6.07) is 7.55. The molecule has 5 rings (SSSR count). The molecule has 1 fully saturated rings. The van der Waals surface area contributed by atoms with Gasteiger partial charge in [0.25, 0.3) is 0 Å². The molecule has 2 N–H and O–H groups in total. The summed E-state index contributed by atoms with van der Waals surface area (Å²) in [6.07, 6.45) is 5.54. The van der Waals surface area contributed by atoms with Gasteiger partial charge >= 0.3 is 0 Å². The van der Waals surface area contributed by atoms with E-state index in [1.807, 2.05) is 46.8 Å². The minimum atomic E-state index is 0.0184. The molecule has 154 valence electrons. The second-order valence-corrected chi connectivity index (χ2v) is 8.20. The molecule has 4 aromatic rings. The number of carbonyl (C=O) groups is 1. The summed E-state index contributed by atoms with van der Waals surface area (Å²) in [5.74, 6) is 0.646. The number of imidazole rings is 1. The van der Waals surface area contributed by atoms with Gasteiger partial charge in [0, 0.05) is 25.7 Å². The molecule has 0 unspecified atom stereocenters. The molecule has 1 aliphatic rings. The van der Waals surface area contributed by atoms with Gasteiger partial charge in [-0.05, 0) is 48.9 Å². The molecule has 0 aliphatic heterocycles. The lowest BCUT2D eigenvalue weighted by atomic mass is 10.3. The monoisotopic (exact) mass is 424 g/mol. The van der Waals surface area contributed by atoms with E-state index in [2.05, 4.69) is 25.6 Å². The van der Waals surface area contributed by atoms with Gasteiger partial charge in [0.1, 0.15) is 5.03 Å². The van der Waals surface area contributed by atoms with Crippen LogP contribution in [0.25, 0.3) is 11.3 Å². The van der Waals surface area contributed by atoms with E-state index in [-0.39, 0.29) is 18.4 Å². The first-order valence-electron chi connectivity index (χ1n) is 9.62. The summed E-state index contributed by atoms with van der Waals surface area (Å²) in [5.41, 5.74) is 2.34. The fraction of sp³-hybridized carbons (Fsp3) is 0.316. The van der Waals surface area contributed by atoms with E-state index in [1.165, 1.54) is 11.8 Å². The minimum absolute atomic E-state index is 0.0184. The molecule has 4 heterocycles. The predicted molar refractivity (Wildman–Crippen MR) is 112 cm³/mol. The Bertz CT molecular complexity index is 1230. The van der Waals surface area contributed by atoms with Crippen LogP contribution < -0.4 is 10.2 Å². The zero-order valence-corrected chi connectivity index (χ0v) is 17.1. The number of fused-ring (bicyclic) bond motifs is 2. The van der Waals surface area contributed by atoms with Crippen molar-refractivity contribution in [1.82, 2.24) is 29.2 Å². The van der Waals surface area contributed by atoms with E-state index in [9.17, 15) is 9.90 Å². The molecule has 0 saturated heterocycles. The number of carbonyl (C=O) groups excluding carboxylic acids is 1. The van der Waals surface area contributed by atoms with E-state index in [1.54, 1.807) is 10.7 Å². The molecule has 0 radical (unpaired) electrons. The Balaban J connectivity index is 1.39. The summed E-state index contributed by atoms with van der Waals surface area (Å²) in [4.78, 5) is 18.3. The molecule has 0 atom stereocenters. The van der Waals surface area contributed by atoms with Crippen LogP contribution in [0.2, 0.25) is 0 Å². The van der Waals surface area contributed by atoms with Crippen molar-refractivity contribution in [2.45, 2.75) is 23.0 Å². The molecule has 30 heavy (non-hydrogen) atoms. The maximum absolute atomic E-state index is 12.0. The minimum Gasteiger partial charge on any atom is -0.395 e. The van der Waals surface area contributed by atoms with E-state index in [4.69, 9.17) is 0 Å². The smallest absolute Gasteiger partial charge is 0.228 e. The molecule has 0 spiro atoms. The molecular weight excluding hydrogens is 404 g/mol. The molecule has 0 aromatic carbocycles. The van der Waals surface area contributed by atoms with E-state index < -0.39 is 0 Å². The Morgan fingerprint density at radius 3 is 2.87 bits per heavy atom. The number of nitrogens with zero attached hydrogens (tertiary/aromatic N) is 7. The van der Waals surface area contributed by atoms with Gasteiger partial charge in [-0.15, -0.1) is 10.2 Å². The van der Waals surface area contributed by atoms with Crippen molar-refractivity contribution in [2.24, 2.45) is 5.92 Å². The number of aliphatic hydroxyl groups excluding tert-OH is 1. The van der Waals surface area contributed by atoms with Gasteiger partial charge < -0.3 is 15.3 Å². The Labute approximate surface area is 175 Å². The first kappa shape index (κ1) is 18.8. The normalized spacial score (nSPS) is 13.8. The van der Waals surface area contributed by atoms with Crippen molar-refractivity contribution in [2.75, 3.05) is 30.4 Å². The second kappa shape index (κ2) is 7.58. The molecular formula is C19H20N8O2S. The van der Waals surface area contributed by atoms with Gasteiger partial charge in [-0.1, -0.05) is 0 Å². The number of likely N-dealkylation sites (N-methyl/N-ethyl adjacent to an activating group) is 1. The molecule has 11 heteroatoms. The zero-order valence-electron chi connectivity index (χ0n) is 16.3. The average Bonchev–Trinajstić information content (AvgIpc) is 3.41. The summed E-state index contributed by atoms with van der Waals surface area (Å²) >= 11 is 1.38. The van der Waals surface area contributed by atoms with Crippen LogP contribution in [0.4, 0.5) is 11.5 Å². The summed E-state index contributed by atoms with van der Waals surface area (Å²) in [7, 11) is 1.92. The average molecular weight is 424 g/mol. The number of amides is 1. The zero-order chi connectivity index (χ0) is 20.7. The van der Waals surface area contributed by atoms with Gasteiger partial charge in [-0.25, -0.2) is 9.50 Å². The number of anilines is 2. The lowest BCUT2D eigenvalue weighted by molar-refractivity contribution is -0.117. The van der Waals surface area contributed by atoms with Gasteiger partial charge in [-0.2, -0.15) is 5.10 Å². The highest BCUT2D eigenvalue weighted by atomic mass is 32.2. The van der Waals surface area contributed by atoms with Crippen molar-refractivity contribution < 1.29 is 9.90 Å². The van der Waals surface area contributed by atoms with Crippen LogP contribution in [0.1, 0.15) is 12.8 Å². The predicted octanol–water partition coefficient (Wildman–Crippen LogP) is 1.70. The third-order valence-electron chi connectivity index (χ3n) is 4.92. The summed E-state index contributed by atoms with van der Waals surface area (Å²) in [5, 5.41) is 26.5. The molecule has 1 aliphatic carbocycles. The van der Waals surface area contributed by atoms with Crippen LogP contribution in [-0.2, 0) is 4.79 Å². The highest BCUT2D eigenvalue weighted by Gasteiger charge is 2.30. The first-order chi connectivity index (χ1) is 14.6. The quantitative estimate of drug-likeness (QED) is 0.461. The Morgan fingerprint density at radius 1 is 1.23 bits per heavy atom. The van der Waals surface area contributed by atoms with Crippen LogP contribution in [0.5, 0.6) is 0 Å². The third kappa shape index (κ3) is 3.68. The summed E-state index contributed by atoms with van der Waals surface area (Å²) < 4.78 is 3.55. The molecule has 0 bridgehead atoms. The van der Waals surface area contributed by atoms with E-state index >= 15 is 0 Å². The number of aromatic nitrogens is 6. The van der Waals surface area contributed by atoms with Crippen LogP contribution >= 0.6 is 11.8 Å². The van der Waals surface area contributed by atoms with Crippen molar-refractivity contribution >= 4 is 40.5 Å². The number of aliphatic hydroxyl groups is 1. The molecule has 1 saturated carbocycles. The molecule has 1 amide bonds. The van der Waals surface area contributed by atoms with Crippen molar-refractivity contribution in [3.63, 3.8) is 0 Å². The fourth-order valence-corrected chi connectivity index (χ4v) is 3.86. The fourth-order valence-electron chi connectivity index (χ4n) is 3.08. The number of rotatable bonds is 7. The Hall–Kier alpha value is -3.18. The number of hydrogen-bond acceptors (Lipinski definition) is 8. The topological polar surface area (TPSA) is 113 Å². The maximum Gasteiger partial charge on any atom is 0.228 e. The number of hydrogen-bond donors (Lipinski definition) is 2. The van der Waals surface area contributed by atoms with E-state index in [0.29, 0.717) is 23.2 Å². The van der Waals surface area contributed by atoms with Crippen molar-refractivity contribution in [1.29, 1.82) is 0 Å². The van der Waals surface area contributed by atoms with Gasteiger partial charge in [-0.3, -0.25) is 9.20 Å². The largest absolute Gasteiger partial charge is 0.395 e. The van der Waals surface area contributed by atoms with E-state index in [0.717, 1.165) is 29.2 Å². The van der Waals surface area contributed by atoms with Gasteiger partial charge in [0.05, 0.1) is 18.5 Å². The standard InChI is InChI=1S/C19H20N8O2S/c1-25(8-9-28)13-4-5-16-22-23-19(26(16)10-13)30-17-7-6-15-20-14(11-27(15)24-17)21-18(29)12-2-3-12/h4-7,10-12,28H,2-3,8-9H2,1H3,(H,21,29). The Morgan fingerprint density at radius 2 is 2.07 bits per heavy atom. The van der Waals surface area contributed by atoms with Crippen LogP contribution in [-0.4, -0.2) is 60.4 Å². The number of pyridine rings is 1. The van der Waals surface area contributed by atoms with Crippen molar-refractivity contribution in [3.05, 3.63) is 36.7 Å². The van der Waals surface area contributed by atoms with Gasteiger partial charge in [0.15, 0.2) is 17.1 Å². The highest BCUT2D eigenvalue weighted by Crippen LogP contribution is 2.30. The van der Waals surface area contributed by atoms with Crippen LogP contribution in [0.3, 0.4) is 0 Å². The lowest BCUT2D eigenvalue weighted by Crippen LogP contribution is -2.21. The lowest BCUT2D eigenvalue weighted by Gasteiger charge is -2.17. The number of nitrogens with one attached hydrogen (secondary N) is 1. The molecule has 10 nitrogen and oxygen atoms in total.